The van der Waals surface area contributed by atoms with Gasteiger partial charge in [0.15, 0.2) is 5.69 Å². The van der Waals surface area contributed by atoms with Gasteiger partial charge in [0, 0.05) is 18.4 Å². The molecule has 0 radical (unpaired) electrons. The van der Waals surface area contributed by atoms with E-state index in [0.29, 0.717) is 35.9 Å². The molecule has 0 aliphatic heterocycles. The smallest absolute Gasteiger partial charge is 0.408 e. The Morgan fingerprint density at radius 1 is 1.04 bits per heavy atom. The van der Waals surface area contributed by atoms with Crippen molar-refractivity contribution >= 4 is 88.4 Å². The van der Waals surface area contributed by atoms with Crippen LogP contribution in [-0.2, 0) is 41.1 Å². The molecule has 9 nitrogen and oxygen atoms in total. The number of ether oxygens (including phenoxy) is 3. The lowest BCUT2D eigenvalue weighted by molar-refractivity contribution is -0.395. The first-order chi connectivity index (χ1) is 24.3. The lowest BCUT2D eigenvalue weighted by Gasteiger charge is -2.44. The van der Waals surface area contributed by atoms with E-state index in [9.17, 15) is 14.4 Å². The van der Waals surface area contributed by atoms with Crippen molar-refractivity contribution in [2.45, 2.75) is 159 Å². The van der Waals surface area contributed by atoms with Crippen molar-refractivity contribution in [2.75, 3.05) is 6.61 Å². The Bertz CT molecular complexity index is 1450. The van der Waals surface area contributed by atoms with E-state index in [1.807, 2.05) is 25.3 Å². The molecular formula is C38H59BrCl3N2O7SSi+. The van der Waals surface area contributed by atoms with Crippen LogP contribution in [0.2, 0.25) is 16.6 Å². The molecule has 53 heavy (non-hydrogen) atoms. The zero-order valence-corrected chi connectivity index (χ0v) is 38.9. The number of aromatic nitrogens is 1. The Balaban J connectivity index is 2.88. The molecule has 0 unspecified atom stereocenters. The highest BCUT2D eigenvalue weighted by Crippen LogP contribution is 2.43. The van der Waals surface area contributed by atoms with E-state index in [1.54, 1.807) is 26.8 Å². The van der Waals surface area contributed by atoms with Gasteiger partial charge in [-0.2, -0.15) is 0 Å². The lowest BCUT2D eigenvalue weighted by atomic mass is 10.1. The van der Waals surface area contributed by atoms with E-state index in [-0.39, 0.29) is 12.5 Å². The molecule has 0 aliphatic carbocycles. The molecule has 1 heterocycles. The van der Waals surface area contributed by atoms with Gasteiger partial charge in [0.2, 0.25) is 17.1 Å². The van der Waals surface area contributed by atoms with Gasteiger partial charge < -0.3 is 24.0 Å². The summed E-state index contributed by atoms with van der Waals surface area (Å²) in [5.41, 5.74) is 2.69. The minimum atomic E-state index is -2.00. The second kappa shape index (κ2) is 22.8. The second-order valence-corrected chi connectivity index (χ2v) is 25.4. The van der Waals surface area contributed by atoms with E-state index in [0.717, 1.165) is 27.2 Å². The Kier molecular flexibility index (Phi) is 21.3. The summed E-state index contributed by atoms with van der Waals surface area (Å²) < 4.78 is 22.0. The van der Waals surface area contributed by atoms with E-state index in [1.165, 1.54) is 11.3 Å². The average Bonchev–Trinajstić information content (AvgIpc) is 3.42. The van der Waals surface area contributed by atoms with Crippen LogP contribution in [0.5, 0.6) is 0 Å². The fraction of sp³-hybridized carbons (Fsp3) is 0.684. The first kappa shape index (κ1) is 49.4. The molecule has 1 rings (SSSR count). The van der Waals surface area contributed by atoms with Gasteiger partial charge in [0.25, 0.3) is 0 Å². The van der Waals surface area contributed by atoms with E-state index >= 15 is 0 Å². The number of H-pyrrole nitrogens is 1. The molecule has 15 heteroatoms. The van der Waals surface area contributed by atoms with E-state index in [4.69, 9.17) is 53.4 Å². The number of alkyl halides is 3. The van der Waals surface area contributed by atoms with Crippen molar-refractivity contribution in [1.82, 2.24) is 5.32 Å². The van der Waals surface area contributed by atoms with Gasteiger partial charge in [-0.05, 0) is 94.1 Å². The number of carbonyl (C=O) groups excluding carboxylic acids is 3. The maximum absolute atomic E-state index is 12.8. The van der Waals surface area contributed by atoms with Crippen molar-refractivity contribution in [2.24, 2.45) is 0 Å². The first-order valence-corrected chi connectivity index (χ1v) is 22.9. The molecular weight excluding hydrogens is 843 g/mol. The summed E-state index contributed by atoms with van der Waals surface area (Å²) in [7, 11) is -2.00. The predicted molar refractivity (Wildman–Crippen MR) is 222 cm³/mol. The van der Waals surface area contributed by atoms with Crippen molar-refractivity contribution in [3.63, 3.8) is 0 Å². The highest BCUT2D eigenvalue weighted by atomic mass is 79.9. The summed E-state index contributed by atoms with van der Waals surface area (Å²) in [6.45, 7) is 24.3. The molecule has 0 saturated heterocycles. The number of nitrogens with one attached hydrogen (secondary N) is 2. The van der Waals surface area contributed by atoms with E-state index < -0.39 is 54.5 Å². The zero-order chi connectivity index (χ0) is 40.7. The largest absolute Gasteiger partial charge is 0.460 e. The Labute approximate surface area is 345 Å². The van der Waals surface area contributed by atoms with Crippen molar-refractivity contribution in [3.8, 4) is 11.8 Å². The Morgan fingerprint density at radius 2 is 1.64 bits per heavy atom. The van der Waals surface area contributed by atoms with Crippen LogP contribution in [0.25, 0.3) is 0 Å². The maximum atomic E-state index is 12.8. The molecule has 3 atom stereocenters. The minimum Gasteiger partial charge on any atom is -0.460 e. The molecule has 2 N–H and O–H groups in total. The van der Waals surface area contributed by atoms with Gasteiger partial charge in [0.1, 0.15) is 24.4 Å². The third-order valence-electron chi connectivity index (χ3n) is 8.21. The van der Waals surface area contributed by atoms with Gasteiger partial charge in [0.05, 0.1) is 11.8 Å². The number of aryl methyl sites for hydroxylation is 1. The number of alkyl carbamates (subject to hydrolysis) is 1. The van der Waals surface area contributed by atoms with Gasteiger partial charge in [-0.3, -0.25) is 0 Å². The Morgan fingerprint density at radius 3 is 2.17 bits per heavy atom. The fourth-order valence-electron chi connectivity index (χ4n) is 6.32. The zero-order valence-electron chi connectivity index (χ0n) is 33.2. The fourth-order valence-corrected chi connectivity index (χ4v) is 13.3. The first-order valence-electron chi connectivity index (χ1n) is 18.0. The quantitative estimate of drug-likeness (QED) is 0.0390. The van der Waals surface area contributed by atoms with E-state index in [2.05, 4.69) is 86.5 Å². The van der Waals surface area contributed by atoms with Crippen LogP contribution in [0.3, 0.4) is 0 Å². The summed E-state index contributed by atoms with van der Waals surface area (Å²) in [5.74, 6) is 4.11. The lowest BCUT2D eigenvalue weighted by Crippen LogP contribution is -2.49. The monoisotopic (exact) mass is 899 g/mol. The van der Waals surface area contributed by atoms with Crippen LogP contribution in [0.1, 0.15) is 113 Å². The number of aromatic amines is 1. The summed E-state index contributed by atoms with van der Waals surface area (Å²) in [6, 6.07) is -1.01. The number of carbonyl (C=O) groups is 3. The topological polar surface area (TPSA) is 114 Å². The summed E-state index contributed by atoms with van der Waals surface area (Å²) in [6.07, 6.45) is 4.77. The summed E-state index contributed by atoms with van der Waals surface area (Å²) in [4.78, 5) is 41.3. The molecule has 0 spiro atoms. The second-order valence-electron chi connectivity index (χ2n) is 15.2. The summed E-state index contributed by atoms with van der Waals surface area (Å²) in [5, 5.41) is 5.41. The standard InChI is InChI=1S/C38H58BrCl3N2O7SSi/c1-24(2)53(25(3)4,26(5)6)51-29(9)19-27(7)15-13-18-34(45)49-31(20-28(8)39)21-33-43-30(22-52-33)16-14-17-32(35(46)48-23-38(40,41)42)44-36(47)50-37(10,11)12/h15,20,22,24-26,29,31-32H,14,16-17,19,21,23H2,1-12H3,(H,44,47)/p+1/b27-15+,28-20+/t29-,31+,32+/m0/s1. The number of amides is 1. The van der Waals surface area contributed by atoms with Gasteiger partial charge >= 0.3 is 18.0 Å². The van der Waals surface area contributed by atoms with Crippen LogP contribution in [-0.4, -0.2) is 60.6 Å². The third kappa shape index (κ3) is 19.7. The SMILES string of the molecule is C/C(Br)=C\[C@H](Cc1[nH+]c(CCC[C@@H](NC(=O)OC(C)(C)C)C(=O)OCC(Cl)(Cl)Cl)cs1)OC(=O)C#C/C=C(\C)C[C@H](C)O[Si](C(C)C)(C(C)C)C(C)C. The molecule has 0 bridgehead atoms. The van der Waals surface area contributed by atoms with Crippen molar-refractivity contribution in [1.29, 1.82) is 0 Å². The molecule has 1 amide bonds. The number of thiazole rings is 1. The normalized spacial score (nSPS) is 14.8. The summed E-state index contributed by atoms with van der Waals surface area (Å²) >= 11 is 22.1. The predicted octanol–water partition coefficient (Wildman–Crippen LogP) is 10.4. The molecule has 1 aromatic heterocycles. The molecule has 1 aromatic rings. The van der Waals surface area contributed by atoms with Crippen molar-refractivity contribution in [3.05, 3.63) is 38.3 Å². The highest BCUT2D eigenvalue weighted by Gasteiger charge is 2.46. The number of allylic oxidation sites excluding steroid dienone is 2. The number of hydrogen-bond donors (Lipinski definition) is 1. The minimum absolute atomic E-state index is 0.0494. The Hall–Kier alpha value is -1.59. The van der Waals surface area contributed by atoms with Gasteiger partial charge in [-0.25, -0.2) is 19.4 Å². The van der Waals surface area contributed by atoms with Crippen LogP contribution in [0.15, 0.2) is 27.6 Å². The number of hydrogen-bond acceptors (Lipinski definition) is 8. The van der Waals surface area contributed by atoms with Crippen LogP contribution in [0, 0.1) is 11.8 Å². The number of halogens is 4. The third-order valence-corrected chi connectivity index (χ3v) is 16.0. The van der Waals surface area contributed by atoms with Crippen LogP contribution >= 0.6 is 62.1 Å². The molecule has 300 valence electrons. The molecule has 0 aliphatic rings. The number of esters is 2. The molecule has 0 fully saturated rings. The van der Waals surface area contributed by atoms with Crippen LogP contribution < -0.4 is 10.3 Å². The van der Waals surface area contributed by atoms with Gasteiger partial charge in [-0.1, -0.05) is 115 Å². The van der Waals surface area contributed by atoms with Crippen LogP contribution in [0.4, 0.5) is 4.79 Å². The molecule has 0 saturated carbocycles. The van der Waals surface area contributed by atoms with Gasteiger partial charge in [-0.15, -0.1) is 0 Å². The number of rotatable bonds is 18. The highest BCUT2D eigenvalue weighted by molar-refractivity contribution is 9.11. The average molecular weight is 902 g/mol. The molecule has 0 aromatic carbocycles. The maximum Gasteiger partial charge on any atom is 0.408 e. The van der Waals surface area contributed by atoms with Crippen molar-refractivity contribution < 1.29 is 38.0 Å².